The molecule has 0 bridgehead atoms. The molecule has 8 nitrogen and oxygen atoms in total. The lowest BCUT2D eigenvalue weighted by molar-refractivity contribution is 0.0192. The first kappa shape index (κ1) is 31.1. The normalized spacial score (nSPS) is 15.9. The van der Waals surface area contributed by atoms with Gasteiger partial charge in [-0.2, -0.15) is 4.39 Å². The molecule has 1 saturated heterocycles. The second-order valence-corrected chi connectivity index (χ2v) is 10.1. The van der Waals surface area contributed by atoms with Gasteiger partial charge in [0.2, 0.25) is 23.6 Å². The topological polar surface area (TPSA) is 101 Å². The summed E-state index contributed by atoms with van der Waals surface area (Å²) in [5.74, 6) is -9.10. The summed E-state index contributed by atoms with van der Waals surface area (Å²) in [5, 5.41) is 5.71. The van der Waals surface area contributed by atoms with Gasteiger partial charge in [-0.3, -0.25) is 4.72 Å². The van der Waals surface area contributed by atoms with Crippen LogP contribution in [0.15, 0.2) is 36.7 Å². The number of anilines is 2. The molecule has 1 aromatic carbocycles. The van der Waals surface area contributed by atoms with E-state index >= 15 is 0 Å². The first-order valence-electron chi connectivity index (χ1n) is 12.2. The number of alkyl halides is 3. The minimum atomic E-state index is -3.12. The van der Waals surface area contributed by atoms with Crippen molar-refractivity contribution in [3.05, 3.63) is 54.1 Å². The standard InChI is InChI=1S/C20H18F5N5O2S.C5H10FN/c1-20(24,25)6-9-33(31)30-17-12(21)10-14(15(22)16(17)23)32-18-11(4-3-7-27-18)13-5-8-28-19(26-2)29-13;6-5-2-1-3-7-4-5/h3-5,7-8,10,30H,6,9H2,1-2H3,(H,26,28,29);5,7H,1-4H2. The van der Waals surface area contributed by atoms with Crippen LogP contribution < -0.4 is 20.1 Å². The lowest BCUT2D eigenvalue weighted by atomic mass is 10.1. The Morgan fingerprint density at radius 1 is 1.18 bits per heavy atom. The van der Waals surface area contributed by atoms with Crippen molar-refractivity contribution in [3.8, 4) is 22.9 Å². The van der Waals surface area contributed by atoms with E-state index in [1.54, 1.807) is 19.2 Å². The van der Waals surface area contributed by atoms with Crippen molar-refractivity contribution in [3.63, 3.8) is 0 Å². The van der Waals surface area contributed by atoms with E-state index in [-0.39, 0.29) is 11.8 Å². The van der Waals surface area contributed by atoms with Crippen LogP contribution in [0.3, 0.4) is 0 Å². The predicted molar refractivity (Wildman–Crippen MR) is 140 cm³/mol. The van der Waals surface area contributed by atoms with Gasteiger partial charge in [-0.1, -0.05) is 0 Å². The molecule has 0 spiro atoms. The average molecular weight is 591 g/mol. The van der Waals surface area contributed by atoms with Crippen LogP contribution >= 0.6 is 0 Å². The lowest BCUT2D eigenvalue weighted by Gasteiger charge is -2.14. The second-order valence-electron chi connectivity index (χ2n) is 8.75. The third-order valence-corrected chi connectivity index (χ3v) is 6.44. The number of nitrogens with zero attached hydrogens (tertiary/aromatic N) is 3. The number of aromatic nitrogens is 3. The van der Waals surface area contributed by atoms with Gasteiger partial charge in [0.15, 0.2) is 17.4 Å². The molecule has 0 saturated carbocycles. The fourth-order valence-electron chi connectivity index (χ4n) is 3.39. The molecule has 15 heteroatoms. The zero-order chi connectivity index (χ0) is 29.3. The SMILES string of the molecule is CNc1nccc(-c2cccnc2Oc2cc(F)c(NS(=O)CCC(C)(F)F)c(F)c2F)n1.FC1CCCNC1. The number of rotatable bonds is 9. The summed E-state index contributed by atoms with van der Waals surface area (Å²) in [5.41, 5.74) is -0.422. The Kier molecular flexibility index (Phi) is 11.1. The van der Waals surface area contributed by atoms with E-state index in [1.165, 1.54) is 18.5 Å². The van der Waals surface area contributed by atoms with Crippen molar-refractivity contribution >= 4 is 22.6 Å². The largest absolute Gasteiger partial charge is 0.435 e. The number of hydrogen-bond acceptors (Lipinski definition) is 7. The van der Waals surface area contributed by atoms with Crippen LogP contribution in [0.1, 0.15) is 26.2 Å². The number of nitrogens with one attached hydrogen (secondary N) is 3. The van der Waals surface area contributed by atoms with Gasteiger partial charge >= 0.3 is 0 Å². The average Bonchev–Trinajstić information content (AvgIpc) is 2.93. The smallest absolute Gasteiger partial charge is 0.246 e. The molecule has 1 aliphatic rings. The molecule has 2 atom stereocenters. The molecule has 0 aliphatic carbocycles. The molecule has 0 amide bonds. The van der Waals surface area contributed by atoms with Crippen molar-refractivity contribution in [2.24, 2.45) is 0 Å². The van der Waals surface area contributed by atoms with Crippen molar-refractivity contribution in [2.45, 2.75) is 38.3 Å². The molecular weight excluding hydrogens is 562 g/mol. The number of ether oxygens (including phenoxy) is 1. The van der Waals surface area contributed by atoms with Gasteiger partial charge in [-0.05, 0) is 44.5 Å². The van der Waals surface area contributed by atoms with Crippen molar-refractivity contribution in [2.75, 3.05) is 35.9 Å². The van der Waals surface area contributed by atoms with Gasteiger partial charge in [0.1, 0.15) is 22.8 Å². The molecule has 4 rings (SSSR count). The maximum absolute atomic E-state index is 14.6. The number of pyridine rings is 1. The first-order chi connectivity index (χ1) is 19.0. The second kappa shape index (κ2) is 14.3. The summed E-state index contributed by atoms with van der Waals surface area (Å²) in [4.78, 5) is 12.2. The van der Waals surface area contributed by atoms with Crippen molar-refractivity contribution in [1.82, 2.24) is 20.3 Å². The lowest BCUT2D eigenvalue weighted by Crippen LogP contribution is -2.30. The third kappa shape index (κ3) is 9.05. The zero-order valence-electron chi connectivity index (χ0n) is 21.6. The van der Waals surface area contributed by atoms with E-state index in [0.29, 0.717) is 30.8 Å². The molecule has 2 unspecified atom stereocenters. The van der Waals surface area contributed by atoms with E-state index in [9.17, 15) is 30.6 Å². The Morgan fingerprint density at radius 3 is 2.58 bits per heavy atom. The number of piperidine rings is 1. The van der Waals surface area contributed by atoms with E-state index in [0.717, 1.165) is 19.4 Å². The van der Waals surface area contributed by atoms with Crippen LogP contribution in [0.2, 0.25) is 0 Å². The quantitative estimate of drug-likeness (QED) is 0.220. The molecule has 3 heterocycles. The third-order valence-electron chi connectivity index (χ3n) is 5.44. The Morgan fingerprint density at radius 2 is 1.95 bits per heavy atom. The Hall–Kier alpha value is -3.46. The van der Waals surface area contributed by atoms with E-state index < -0.39 is 64.1 Å². The highest BCUT2D eigenvalue weighted by Crippen LogP contribution is 2.35. The maximum Gasteiger partial charge on any atom is 0.246 e. The number of benzene rings is 1. The maximum atomic E-state index is 14.6. The van der Waals surface area contributed by atoms with Crippen molar-refractivity contribution in [1.29, 1.82) is 0 Å². The van der Waals surface area contributed by atoms with Gasteiger partial charge in [0, 0.05) is 44.2 Å². The zero-order valence-corrected chi connectivity index (χ0v) is 22.4. The Bertz CT molecular complexity index is 1310. The Labute approximate surface area is 229 Å². The summed E-state index contributed by atoms with van der Waals surface area (Å²) in [6, 6.07) is 5.18. The summed E-state index contributed by atoms with van der Waals surface area (Å²) in [6.45, 7) is 2.19. The molecule has 2 aromatic heterocycles. The van der Waals surface area contributed by atoms with Crippen LogP contribution in [0.4, 0.5) is 38.0 Å². The molecule has 0 radical (unpaired) electrons. The predicted octanol–water partition coefficient (Wildman–Crippen LogP) is 5.62. The summed E-state index contributed by atoms with van der Waals surface area (Å²) < 4.78 is 101. The minimum absolute atomic E-state index is 0.189. The highest BCUT2D eigenvalue weighted by molar-refractivity contribution is 7.86. The fourth-order valence-corrected chi connectivity index (χ4v) is 4.45. The highest BCUT2D eigenvalue weighted by Gasteiger charge is 2.25. The molecule has 1 aliphatic heterocycles. The minimum Gasteiger partial charge on any atom is -0.435 e. The van der Waals surface area contributed by atoms with Crippen molar-refractivity contribution < 1.29 is 35.3 Å². The fraction of sp³-hybridized carbons (Fsp3) is 0.400. The van der Waals surface area contributed by atoms with Crippen LogP contribution in [0.5, 0.6) is 11.6 Å². The molecule has 3 N–H and O–H groups in total. The first-order valence-corrected chi connectivity index (χ1v) is 13.5. The molecule has 3 aromatic rings. The van der Waals surface area contributed by atoms with Crippen LogP contribution in [-0.2, 0) is 11.0 Å². The monoisotopic (exact) mass is 590 g/mol. The number of halogens is 6. The molecular formula is C25H28F6N6O2S. The molecule has 1 fully saturated rings. The summed E-state index contributed by atoms with van der Waals surface area (Å²) in [7, 11) is -0.664. The Balaban J connectivity index is 0.000000547. The van der Waals surface area contributed by atoms with Crippen LogP contribution in [0.25, 0.3) is 11.3 Å². The van der Waals surface area contributed by atoms with E-state index in [2.05, 4.69) is 25.6 Å². The van der Waals surface area contributed by atoms with E-state index in [4.69, 9.17) is 4.74 Å². The highest BCUT2D eigenvalue weighted by atomic mass is 32.2. The van der Waals surface area contributed by atoms with Crippen LogP contribution in [0, 0.1) is 17.5 Å². The number of hydrogen-bond donors (Lipinski definition) is 3. The van der Waals surface area contributed by atoms with Crippen LogP contribution in [-0.4, -0.2) is 57.1 Å². The molecule has 218 valence electrons. The molecule has 40 heavy (non-hydrogen) atoms. The van der Waals surface area contributed by atoms with Gasteiger partial charge in [0.25, 0.3) is 0 Å². The van der Waals surface area contributed by atoms with Gasteiger partial charge < -0.3 is 15.4 Å². The summed E-state index contributed by atoms with van der Waals surface area (Å²) >= 11 is 0. The van der Waals surface area contributed by atoms with E-state index in [1.807, 2.05) is 4.72 Å². The summed E-state index contributed by atoms with van der Waals surface area (Å²) in [6.07, 6.45) is 3.18. The van der Waals surface area contributed by atoms with Gasteiger partial charge in [0.05, 0.1) is 11.3 Å². The van der Waals surface area contributed by atoms with Gasteiger partial charge in [-0.25, -0.2) is 41.1 Å². The van der Waals surface area contributed by atoms with Gasteiger partial charge in [-0.15, -0.1) is 0 Å².